The maximum Gasteiger partial charge on any atom is 0.137 e. The Morgan fingerprint density at radius 2 is 2.16 bits per heavy atom. The van der Waals surface area contributed by atoms with Crippen molar-refractivity contribution < 1.29 is 0 Å². The van der Waals surface area contributed by atoms with Crippen LogP contribution in [0.15, 0.2) is 11.4 Å². The van der Waals surface area contributed by atoms with Crippen LogP contribution in [0.2, 0.25) is 0 Å². The van der Waals surface area contributed by atoms with Gasteiger partial charge in [-0.05, 0) is 26.7 Å². The van der Waals surface area contributed by atoms with Crippen LogP contribution in [0.25, 0.3) is 0 Å². The molecule has 0 aromatic carbocycles. The first-order valence-electron chi connectivity index (χ1n) is 6.77. The Kier molecular flexibility index (Phi) is 3.46. The molecule has 2 heterocycles. The van der Waals surface area contributed by atoms with E-state index in [1.165, 1.54) is 18.5 Å². The van der Waals surface area contributed by atoms with E-state index in [1.807, 2.05) is 6.92 Å². The van der Waals surface area contributed by atoms with Crippen molar-refractivity contribution in [1.82, 2.24) is 15.0 Å². The van der Waals surface area contributed by atoms with Crippen molar-refractivity contribution in [2.75, 3.05) is 11.9 Å². The molecular formula is C14H18N4S. The Hall–Kier alpha value is -1.49. The van der Waals surface area contributed by atoms with Gasteiger partial charge in [-0.3, -0.25) is 0 Å². The minimum atomic E-state index is 0.650. The number of rotatable bonds is 5. The Morgan fingerprint density at radius 3 is 2.79 bits per heavy atom. The first-order chi connectivity index (χ1) is 9.24. The molecule has 1 N–H and O–H groups in total. The van der Waals surface area contributed by atoms with Gasteiger partial charge in [0, 0.05) is 35.3 Å². The van der Waals surface area contributed by atoms with Gasteiger partial charge in [-0.2, -0.15) is 0 Å². The lowest BCUT2D eigenvalue weighted by atomic mass is 10.2. The van der Waals surface area contributed by atoms with Gasteiger partial charge in [0.15, 0.2) is 0 Å². The average Bonchev–Trinajstić information content (AvgIpc) is 3.14. The SMILES string of the molecule is CCNc1cc(C2CC2)nc(Cc2nc(C)cs2)n1. The van der Waals surface area contributed by atoms with Crippen LogP contribution < -0.4 is 5.32 Å². The molecule has 0 radical (unpaired) electrons. The van der Waals surface area contributed by atoms with Crippen LogP contribution in [0.1, 0.15) is 47.9 Å². The van der Waals surface area contributed by atoms with E-state index in [1.54, 1.807) is 11.3 Å². The monoisotopic (exact) mass is 274 g/mol. The molecule has 0 spiro atoms. The van der Waals surface area contributed by atoms with Crippen molar-refractivity contribution in [3.8, 4) is 0 Å². The molecule has 4 nitrogen and oxygen atoms in total. The molecule has 0 saturated heterocycles. The molecule has 5 heteroatoms. The molecule has 100 valence electrons. The van der Waals surface area contributed by atoms with Gasteiger partial charge in [-0.15, -0.1) is 11.3 Å². The highest BCUT2D eigenvalue weighted by molar-refractivity contribution is 7.09. The number of aromatic nitrogens is 3. The van der Waals surface area contributed by atoms with Gasteiger partial charge in [0.05, 0.1) is 6.42 Å². The number of thiazole rings is 1. The first kappa shape index (κ1) is 12.5. The van der Waals surface area contributed by atoms with E-state index in [0.717, 1.165) is 35.3 Å². The lowest BCUT2D eigenvalue weighted by molar-refractivity contribution is 0.891. The molecular weight excluding hydrogens is 256 g/mol. The van der Waals surface area contributed by atoms with Crippen LogP contribution in [0, 0.1) is 6.92 Å². The minimum absolute atomic E-state index is 0.650. The number of hydrogen-bond donors (Lipinski definition) is 1. The van der Waals surface area contributed by atoms with Gasteiger partial charge >= 0.3 is 0 Å². The highest BCUT2D eigenvalue weighted by Gasteiger charge is 2.26. The highest BCUT2D eigenvalue weighted by Crippen LogP contribution is 2.39. The molecule has 0 amide bonds. The van der Waals surface area contributed by atoms with Crippen molar-refractivity contribution >= 4 is 17.2 Å². The second-order valence-electron chi connectivity index (χ2n) is 4.96. The quantitative estimate of drug-likeness (QED) is 0.910. The summed E-state index contributed by atoms with van der Waals surface area (Å²) in [4.78, 5) is 13.8. The predicted molar refractivity (Wildman–Crippen MR) is 77.8 cm³/mol. The largest absolute Gasteiger partial charge is 0.370 e. The standard InChI is InChI=1S/C14H18N4S/c1-3-15-12-6-11(10-4-5-10)17-13(18-12)7-14-16-9(2)8-19-14/h6,8,10H,3-5,7H2,1-2H3,(H,15,17,18). The number of aryl methyl sites for hydroxylation is 1. The van der Waals surface area contributed by atoms with Crippen LogP contribution in [-0.4, -0.2) is 21.5 Å². The zero-order valence-electron chi connectivity index (χ0n) is 11.3. The lowest BCUT2D eigenvalue weighted by Gasteiger charge is -2.07. The Balaban J connectivity index is 1.86. The topological polar surface area (TPSA) is 50.7 Å². The summed E-state index contributed by atoms with van der Waals surface area (Å²) in [6.07, 6.45) is 3.26. The number of hydrogen-bond acceptors (Lipinski definition) is 5. The summed E-state index contributed by atoms with van der Waals surface area (Å²) in [5.74, 6) is 2.48. The molecule has 2 aromatic rings. The Labute approximate surface area is 117 Å². The van der Waals surface area contributed by atoms with Crippen LogP contribution in [0.5, 0.6) is 0 Å². The molecule has 0 aliphatic heterocycles. The van der Waals surface area contributed by atoms with E-state index in [0.29, 0.717) is 5.92 Å². The molecule has 1 saturated carbocycles. The molecule has 2 aromatic heterocycles. The highest BCUT2D eigenvalue weighted by atomic mass is 32.1. The van der Waals surface area contributed by atoms with Gasteiger partial charge in [-0.25, -0.2) is 15.0 Å². The molecule has 3 rings (SSSR count). The molecule has 1 aliphatic rings. The minimum Gasteiger partial charge on any atom is -0.370 e. The smallest absolute Gasteiger partial charge is 0.137 e. The van der Waals surface area contributed by atoms with Crippen LogP contribution in [-0.2, 0) is 6.42 Å². The maximum absolute atomic E-state index is 4.70. The molecule has 1 aliphatic carbocycles. The number of nitrogens with zero attached hydrogens (tertiary/aromatic N) is 3. The normalized spacial score (nSPS) is 14.6. The summed E-state index contributed by atoms with van der Waals surface area (Å²) in [5.41, 5.74) is 2.26. The summed E-state index contributed by atoms with van der Waals surface area (Å²) in [7, 11) is 0. The summed E-state index contributed by atoms with van der Waals surface area (Å²) >= 11 is 1.68. The van der Waals surface area contributed by atoms with Crippen molar-refractivity contribution in [2.45, 2.75) is 39.0 Å². The Bertz CT molecular complexity index is 575. The first-order valence-corrected chi connectivity index (χ1v) is 7.65. The Morgan fingerprint density at radius 1 is 1.32 bits per heavy atom. The van der Waals surface area contributed by atoms with Gasteiger partial charge in [-0.1, -0.05) is 0 Å². The lowest BCUT2D eigenvalue weighted by Crippen LogP contribution is -2.06. The molecule has 19 heavy (non-hydrogen) atoms. The fourth-order valence-corrected chi connectivity index (χ4v) is 2.84. The number of anilines is 1. The zero-order valence-corrected chi connectivity index (χ0v) is 12.1. The molecule has 1 fully saturated rings. The van der Waals surface area contributed by atoms with Crippen LogP contribution in [0.3, 0.4) is 0 Å². The third-order valence-corrected chi connectivity index (χ3v) is 4.09. The van der Waals surface area contributed by atoms with Crippen molar-refractivity contribution in [3.63, 3.8) is 0 Å². The van der Waals surface area contributed by atoms with Gasteiger partial charge in [0.2, 0.25) is 0 Å². The van der Waals surface area contributed by atoms with E-state index in [4.69, 9.17) is 4.98 Å². The van der Waals surface area contributed by atoms with E-state index in [2.05, 4.69) is 33.7 Å². The van der Waals surface area contributed by atoms with E-state index >= 15 is 0 Å². The van der Waals surface area contributed by atoms with Crippen LogP contribution in [0.4, 0.5) is 5.82 Å². The van der Waals surface area contributed by atoms with Gasteiger partial charge < -0.3 is 5.32 Å². The van der Waals surface area contributed by atoms with Crippen LogP contribution >= 0.6 is 11.3 Å². The zero-order chi connectivity index (χ0) is 13.2. The summed E-state index contributed by atoms with van der Waals surface area (Å²) < 4.78 is 0. The number of nitrogens with one attached hydrogen (secondary N) is 1. The fraction of sp³-hybridized carbons (Fsp3) is 0.500. The summed E-state index contributed by atoms with van der Waals surface area (Å²) in [5, 5.41) is 6.46. The van der Waals surface area contributed by atoms with Crippen molar-refractivity contribution in [3.05, 3.63) is 33.7 Å². The van der Waals surface area contributed by atoms with Crippen molar-refractivity contribution in [1.29, 1.82) is 0 Å². The predicted octanol–water partition coefficient (Wildman–Crippen LogP) is 3.14. The van der Waals surface area contributed by atoms with E-state index in [-0.39, 0.29) is 0 Å². The van der Waals surface area contributed by atoms with Crippen molar-refractivity contribution in [2.24, 2.45) is 0 Å². The van der Waals surface area contributed by atoms with E-state index < -0.39 is 0 Å². The van der Waals surface area contributed by atoms with E-state index in [9.17, 15) is 0 Å². The third kappa shape index (κ3) is 3.10. The maximum atomic E-state index is 4.70. The molecule has 0 atom stereocenters. The second-order valence-corrected chi connectivity index (χ2v) is 5.90. The fourth-order valence-electron chi connectivity index (χ4n) is 2.08. The molecule has 0 bridgehead atoms. The summed E-state index contributed by atoms with van der Waals surface area (Å²) in [6, 6.07) is 2.10. The average molecular weight is 274 g/mol. The van der Waals surface area contributed by atoms with Gasteiger partial charge in [0.25, 0.3) is 0 Å². The summed E-state index contributed by atoms with van der Waals surface area (Å²) in [6.45, 7) is 4.99. The second kappa shape index (κ2) is 5.25. The van der Waals surface area contributed by atoms with Gasteiger partial charge in [0.1, 0.15) is 16.6 Å². The third-order valence-electron chi connectivity index (χ3n) is 3.12. The molecule has 0 unspecified atom stereocenters.